The Labute approximate surface area is 149 Å². The summed E-state index contributed by atoms with van der Waals surface area (Å²) >= 11 is 12.0. The van der Waals surface area contributed by atoms with Crippen molar-refractivity contribution in [3.63, 3.8) is 0 Å². The molecule has 1 fully saturated rings. The maximum absolute atomic E-state index is 12.7. The average molecular weight is 357 g/mol. The van der Waals surface area contributed by atoms with Gasteiger partial charge in [-0.05, 0) is 70.8 Å². The van der Waals surface area contributed by atoms with Crippen LogP contribution < -0.4 is 4.90 Å². The van der Waals surface area contributed by atoms with Gasteiger partial charge in [0.25, 0.3) is 0 Å². The van der Waals surface area contributed by atoms with Crippen molar-refractivity contribution in [3.05, 3.63) is 28.2 Å². The summed E-state index contributed by atoms with van der Waals surface area (Å²) in [5, 5.41) is 1.00. The zero-order chi connectivity index (χ0) is 17.0. The lowest BCUT2D eigenvalue weighted by Gasteiger charge is -2.35. The highest BCUT2D eigenvalue weighted by Crippen LogP contribution is 2.29. The van der Waals surface area contributed by atoms with Gasteiger partial charge >= 0.3 is 0 Å². The van der Waals surface area contributed by atoms with E-state index in [2.05, 4.69) is 18.7 Å². The largest absolute Gasteiger partial charge is 0.313 e. The van der Waals surface area contributed by atoms with Gasteiger partial charge in [-0.25, -0.2) is 0 Å². The van der Waals surface area contributed by atoms with Crippen LogP contribution in [0, 0.1) is 5.92 Å². The van der Waals surface area contributed by atoms with Crippen molar-refractivity contribution in [1.29, 1.82) is 0 Å². The van der Waals surface area contributed by atoms with E-state index in [0.717, 1.165) is 31.6 Å². The summed E-state index contributed by atoms with van der Waals surface area (Å²) in [5.41, 5.74) is 0.825. The maximum Gasteiger partial charge on any atom is 0.227 e. The van der Waals surface area contributed by atoms with E-state index in [1.165, 1.54) is 0 Å². The second-order valence-corrected chi connectivity index (χ2v) is 7.33. The van der Waals surface area contributed by atoms with Crippen molar-refractivity contribution in [2.75, 3.05) is 24.5 Å². The topological polar surface area (TPSA) is 23.6 Å². The van der Waals surface area contributed by atoms with Crippen LogP contribution in [0.3, 0.4) is 0 Å². The number of amides is 1. The number of carbonyl (C=O) groups excluding carboxylic acids is 1. The number of hydrogen-bond acceptors (Lipinski definition) is 2. The fourth-order valence-corrected chi connectivity index (χ4v) is 3.48. The third-order valence-electron chi connectivity index (χ3n) is 4.67. The van der Waals surface area contributed by atoms with Gasteiger partial charge in [-0.3, -0.25) is 4.79 Å². The third-order valence-corrected chi connectivity index (χ3v) is 5.41. The van der Waals surface area contributed by atoms with Crippen molar-refractivity contribution in [2.24, 2.45) is 5.92 Å². The van der Waals surface area contributed by atoms with Crippen molar-refractivity contribution in [1.82, 2.24) is 4.90 Å². The standard InChI is InChI=1S/C18H26Cl2N2O/c1-4-22(15-5-6-16(19)17(20)12-15)18(23)11-14-7-9-21(10-8-14)13(2)3/h5-6,12-14H,4,7-11H2,1-3H3. The zero-order valence-electron chi connectivity index (χ0n) is 14.2. The van der Waals surface area contributed by atoms with Crippen LogP contribution in [0.15, 0.2) is 18.2 Å². The lowest BCUT2D eigenvalue weighted by Crippen LogP contribution is -2.40. The minimum absolute atomic E-state index is 0.175. The molecule has 1 aliphatic heterocycles. The predicted octanol–water partition coefficient (Wildman–Crippen LogP) is 4.86. The molecule has 1 heterocycles. The van der Waals surface area contributed by atoms with Gasteiger partial charge in [0.05, 0.1) is 10.0 Å². The van der Waals surface area contributed by atoms with Gasteiger partial charge in [0.2, 0.25) is 5.91 Å². The molecule has 0 bridgehead atoms. The van der Waals surface area contributed by atoms with Crippen LogP contribution in [0.25, 0.3) is 0 Å². The number of anilines is 1. The number of likely N-dealkylation sites (tertiary alicyclic amines) is 1. The molecule has 1 amide bonds. The van der Waals surface area contributed by atoms with E-state index in [9.17, 15) is 4.79 Å². The van der Waals surface area contributed by atoms with E-state index < -0.39 is 0 Å². The molecule has 1 aliphatic rings. The normalized spacial score (nSPS) is 16.8. The second kappa shape index (κ2) is 8.36. The Kier molecular flexibility index (Phi) is 6.75. The maximum atomic E-state index is 12.7. The summed E-state index contributed by atoms with van der Waals surface area (Å²) < 4.78 is 0. The highest BCUT2D eigenvalue weighted by Gasteiger charge is 2.25. The Bertz CT molecular complexity index is 540. The first-order valence-electron chi connectivity index (χ1n) is 8.41. The molecule has 0 spiro atoms. The van der Waals surface area contributed by atoms with E-state index in [0.29, 0.717) is 35.0 Å². The molecule has 0 saturated carbocycles. The summed E-state index contributed by atoms with van der Waals surface area (Å²) in [7, 11) is 0. The van der Waals surface area contributed by atoms with E-state index >= 15 is 0 Å². The number of halogens is 2. The van der Waals surface area contributed by atoms with Crippen molar-refractivity contribution >= 4 is 34.8 Å². The fourth-order valence-electron chi connectivity index (χ4n) is 3.19. The molecule has 2 rings (SSSR count). The highest BCUT2D eigenvalue weighted by molar-refractivity contribution is 6.42. The minimum atomic E-state index is 0.175. The monoisotopic (exact) mass is 356 g/mol. The summed E-state index contributed by atoms with van der Waals surface area (Å²) in [6.45, 7) is 9.27. The van der Waals surface area contributed by atoms with Crippen molar-refractivity contribution in [2.45, 2.75) is 46.1 Å². The molecule has 3 nitrogen and oxygen atoms in total. The lowest BCUT2D eigenvalue weighted by molar-refractivity contribution is -0.119. The molecular weight excluding hydrogens is 331 g/mol. The zero-order valence-corrected chi connectivity index (χ0v) is 15.7. The molecule has 5 heteroatoms. The molecule has 1 aromatic carbocycles. The van der Waals surface area contributed by atoms with Gasteiger partial charge in [-0.2, -0.15) is 0 Å². The average Bonchev–Trinajstić information content (AvgIpc) is 2.52. The van der Waals surface area contributed by atoms with E-state index in [1.807, 2.05) is 13.0 Å². The molecule has 0 aromatic heterocycles. The number of piperidine rings is 1. The van der Waals surface area contributed by atoms with Gasteiger partial charge in [0, 0.05) is 24.7 Å². The number of carbonyl (C=O) groups is 1. The highest BCUT2D eigenvalue weighted by atomic mass is 35.5. The van der Waals surface area contributed by atoms with Crippen LogP contribution in [0.4, 0.5) is 5.69 Å². The van der Waals surface area contributed by atoms with Gasteiger partial charge < -0.3 is 9.80 Å². The van der Waals surface area contributed by atoms with Gasteiger partial charge in [0.1, 0.15) is 0 Å². The Morgan fingerprint density at radius 2 is 1.91 bits per heavy atom. The summed E-state index contributed by atoms with van der Waals surface area (Å²) in [6, 6.07) is 5.97. The molecule has 23 heavy (non-hydrogen) atoms. The Morgan fingerprint density at radius 1 is 1.26 bits per heavy atom. The van der Waals surface area contributed by atoms with Crippen LogP contribution in [-0.2, 0) is 4.79 Å². The molecule has 0 aliphatic carbocycles. The summed E-state index contributed by atoms with van der Waals surface area (Å²) in [6.07, 6.45) is 2.81. The molecule has 1 saturated heterocycles. The SMILES string of the molecule is CCN(C(=O)CC1CCN(C(C)C)CC1)c1ccc(Cl)c(Cl)c1. The number of hydrogen-bond donors (Lipinski definition) is 0. The summed E-state index contributed by atoms with van der Waals surface area (Å²) in [4.78, 5) is 17.0. The molecule has 0 atom stereocenters. The van der Waals surface area contributed by atoms with Crippen molar-refractivity contribution in [3.8, 4) is 0 Å². The minimum Gasteiger partial charge on any atom is -0.313 e. The summed E-state index contributed by atoms with van der Waals surface area (Å²) in [5.74, 6) is 0.656. The Hall–Kier alpha value is -0.770. The lowest BCUT2D eigenvalue weighted by atomic mass is 9.92. The van der Waals surface area contributed by atoms with E-state index in [4.69, 9.17) is 23.2 Å². The van der Waals surface area contributed by atoms with Gasteiger partial charge in [-0.15, -0.1) is 0 Å². The van der Waals surface area contributed by atoms with Gasteiger partial charge in [-0.1, -0.05) is 23.2 Å². The third kappa shape index (κ3) is 4.85. The van der Waals surface area contributed by atoms with E-state index in [-0.39, 0.29) is 5.91 Å². The fraction of sp³-hybridized carbons (Fsp3) is 0.611. The molecule has 1 aromatic rings. The first-order valence-corrected chi connectivity index (χ1v) is 9.17. The number of rotatable bonds is 5. The Morgan fingerprint density at radius 3 is 2.43 bits per heavy atom. The molecular formula is C18H26Cl2N2O. The first kappa shape index (κ1) is 18.6. The molecule has 128 valence electrons. The van der Waals surface area contributed by atoms with Crippen LogP contribution in [-0.4, -0.2) is 36.5 Å². The molecule has 0 N–H and O–H groups in total. The first-order chi connectivity index (χ1) is 10.9. The van der Waals surface area contributed by atoms with Crippen LogP contribution in [0.5, 0.6) is 0 Å². The van der Waals surface area contributed by atoms with Crippen LogP contribution >= 0.6 is 23.2 Å². The van der Waals surface area contributed by atoms with Crippen LogP contribution in [0.2, 0.25) is 10.0 Å². The van der Waals surface area contributed by atoms with Crippen molar-refractivity contribution < 1.29 is 4.79 Å². The van der Waals surface area contributed by atoms with Gasteiger partial charge in [0.15, 0.2) is 0 Å². The molecule has 0 radical (unpaired) electrons. The predicted molar refractivity (Wildman–Crippen MR) is 98.5 cm³/mol. The molecule has 0 unspecified atom stereocenters. The second-order valence-electron chi connectivity index (χ2n) is 6.51. The van der Waals surface area contributed by atoms with Crippen LogP contribution in [0.1, 0.15) is 40.0 Å². The Balaban J connectivity index is 1.97. The van der Waals surface area contributed by atoms with E-state index in [1.54, 1.807) is 17.0 Å². The quantitative estimate of drug-likeness (QED) is 0.752. The number of nitrogens with zero attached hydrogens (tertiary/aromatic N) is 2. The smallest absolute Gasteiger partial charge is 0.227 e. The number of benzene rings is 1.